The summed E-state index contributed by atoms with van der Waals surface area (Å²) in [5.74, 6) is 5.25. The van der Waals surface area contributed by atoms with Crippen LogP contribution in [0.2, 0.25) is 0 Å². The molecule has 4 saturated carbocycles. The second kappa shape index (κ2) is 10.9. The molecule has 218 valence electrons. The molecule has 8 atom stereocenters. The Bertz CT molecular complexity index is 1040. The van der Waals surface area contributed by atoms with Gasteiger partial charge in [0.05, 0.1) is 11.8 Å². The maximum absolute atomic E-state index is 14.6. The average molecular weight is 543 g/mol. The van der Waals surface area contributed by atoms with E-state index in [0.29, 0.717) is 16.7 Å². The van der Waals surface area contributed by atoms with Crippen molar-refractivity contribution in [3.05, 3.63) is 35.6 Å². The number of benzene rings is 1. The van der Waals surface area contributed by atoms with Crippen molar-refractivity contribution in [3.8, 4) is 0 Å². The molecule has 0 radical (unpaired) electrons. The van der Waals surface area contributed by atoms with Gasteiger partial charge in [-0.3, -0.25) is 0 Å². The fourth-order valence-corrected chi connectivity index (χ4v) is 10.3. The SMILES string of the molecule is CC(=COC(F)(F)c1cc(N)cc(N)c1)CCC[C@@H](C)[C@H]1CC[C@H]2[C@@H]3CCC4CCCC[C@]4(C)[C@H]3CC[C@]12C. The molecular weight excluding hydrogens is 490 g/mol. The summed E-state index contributed by atoms with van der Waals surface area (Å²) in [6.07, 6.45) is 15.1. The van der Waals surface area contributed by atoms with Crippen molar-refractivity contribution in [1.82, 2.24) is 0 Å². The van der Waals surface area contributed by atoms with E-state index in [4.69, 9.17) is 16.2 Å². The van der Waals surface area contributed by atoms with Crippen LogP contribution in [0.4, 0.5) is 20.2 Å². The van der Waals surface area contributed by atoms with E-state index in [1.165, 1.54) is 88.7 Å². The Morgan fingerprint density at radius 1 is 0.974 bits per heavy atom. The van der Waals surface area contributed by atoms with Crippen LogP contribution in [0.5, 0.6) is 0 Å². The van der Waals surface area contributed by atoms with Crippen LogP contribution in [0, 0.1) is 46.3 Å². The van der Waals surface area contributed by atoms with Crippen LogP contribution in [0.25, 0.3) is 0 Å². The van der Waals surface area contributed by atoms with Gasteiger partial charge in [0.1, 0.15) is 0 Å². The lowest BCUT2D eigenvalue weighted by molar-refractivity contribution is -0.214. The van der Waals surface area contributed by atoms with Gasteiger partial charge in [0.2, 0.25) is 0 Å². The molecule has 0 spiro atoms. The smallest absolute Gasteiger partial charge is 0.426 e. The molecule has 0 aliphatic heterocycles. The van der Waals surface area contributed by atoms with E-state index in [1.807, 2.05) is 6.92 Å². The molecule has 1 unspecified atom stereocenters. The number of alkyl halides is 2. The Hall–Kier alpha value is -1.78. The molecule has 39 heavy (non-hydrogen) atoms. The van der Waals surface area contributed by atoms with Crippen molar-refractivity contribution in [3.63, 3.8) is 0 Å². The van der Waals surface area contributed by atoms with Crippen molar-refractivity contribution < 1.29 is 13.5 Å². The van der Waals surface area contributed by atoms with Crippen molar-refractivity contribution in [1.29, 1.82) is 0 Å². The summed E-state index contributed by atoms with van der Waals surface area (Å²) in [5, 5.41) is 0. The highest BCUT2D eigenvalue weighted by molar-refractivity contribution is 5.54. The molecule has 1 aromatic carbocycles. The molecule has 4 aliphatic rings. The van der Waals surface area contributed by atoms with Gasteiger partial charge in [-0.1, -0.05) is 40.0 Å². The first-order valence-corrected chi connectivity index (χ1v) is 15.8. The van der Waals surface area contributed by atoms with Crippen LogP contribution < -0.4 is 11.5 Å². The summed E-state index contributed by atoms with van der Waals surface area (Å²) in [6, 6.07) is 3.89. The number of hydrogen-bond donors (Lipinski definition) is 2. The van der Waals surface area contributed by atoms with Gasteiger partial charge >= 0.3 is 6.11 Å². The van der Waals surface area contributed by atoms with E-state index in [9.17, 15) is 8.78 Å². The predicted molar refractivity (Wildman–Crippen MR) is 157 cm³/mol. The lowest BCUT2D eigenvalue weighted by Crippen LogP contribution is -2.53. The van der Waals surface area contributed by atoms with Gasteiger partial charge in [0.25, 0.3) is 0 Å². The monoisotopic (exact) mass is 542 g/mol. The van der Waals surface area contributed by atoms with Crippen molar-refractivity contribution in [2.45, 2.75) is 117 Å². The van der Waals surface area contributed by atoms with Gasteiger partial charge in [-0.05, 0) is 141 Å². The Morgan fingerprint density at radius 2 is 1.69 bits per heavy atom. The number of halogens is 2. The predicted octanol–water partition coefficient (Wildman–Crippen LogP) is 9.68. The summed E-state index contributed by atoms with van der Waals surface area (Å²) in [4.78, 5) is 0. The minimum absolute atomic E-state index is 0.204. The van der Waals surface area contributed by atoms with Gasteiger partial charge < -0.3 is 16.2 Å². The third-order valence-corrected chi connectivity index (χ3v) is 12.3. The van der Waals surface area contributed by atoms with Gasteiger partial charge in [0.15, 0.2) is 0 Å². The van der Waals surface area contributed by atoms with E-state index in [-0.39, 0.29) is 16.9 Å². The second-order valence-electron chi connectivity index (χ2n) is 14.5. The number of nitrogens with two attached hydrogens (primary N) is 2. The van der Waals surface area contributed by atoms with Gasteiger partial charge in [-0.25, -0.2) is 0 Å². The zero-order chi connectivity index (χ0) is 28.0. The quantitative estimate of drug-likeness (QED) is 0.254. The fourth-order valence-electron chi connectivity index (χ4n) is 10.3. The minimum atomic E-state index is -3.46. The van der Waals surface area contributed by atoms with Crippen LogP contribution in [-0.2, 0) is 10.8 Å². The lowest BCUT2D eigenvalue weighted by Gasteiger charge is -2.61. The average Bonchev–Trinajstić information content (AvgIpc) is 3.24. The summed E-state index contributed by atoms with van der Waals surface area (Å²) < 4.78 is 34.1. The standard InChI is InChI=1S/C34H52F2N2O/c1-22(21-39-34(35,36)25-18-26(37)20-27(38)19-25)8-7-9-23(2)29-13-14-30-28-12-11-24-10-5-6-16-32(24,3)31(28)15-17-33(29,30)4/h18-21,23-24,28-31H,5-17,37-38H2,1-4H3/t23-,24?,28+,29-,30+,31+,32+,33-/m1/s1. The van der Waals surface area contributed by atoms with Crippen LogP contribution >= 0.6 is 0 Å². The first-order valence-electron chi connectivity index (χ1n) is 15.8. The molecular formula is C34H52F2N2O. The molecule has 4 aliphatic carbocycles. The van der Waals surface area contributed by atoms with Crippen LogP contribution in [0.3, 0.4) is 0 Å². The van der Waals surface area contributed by atoms with Crippen LogP contribution in [-0.4, -0.2) is 0 Å². The molecule has 4 N–H and O–H groups in total. The third-order valence-electron chi connectivity index (χ3n) is 12.3. The number of ether oxygens (including phenoxy) is 1. The number of rotatable bonds is 8. The molecule has 0 aromatic heterocycles. The van der Waals surface area contributed by atoms with E-state index in [1.54, 1.807) is 0 Å². The fraction of sp³-hybridized carbons (Fsp3) is 0.765. The molecule has 0 amide bonds. The highest BCUT2D eigenvalue weighted by Crippen LogP contribution is 2.68. The summed E-state index contributed by atoms with van der Waals surface area (Å²) in [5.41, 5.74) is 13.4. The minimum Gasteiger partial charge on any atom is -0.437 e. The number of nitrogen functional groups attached to an aromatic ring is 2. The van der Waals surface area contributed by atoms with E-state index in [0.717, 1.165) is 54.4 Å². The van der Waals surface area contributed by atoms with Crippen molar-refractivity contribution in [2.24, 2.45) is 46.3 Å². The van der Waals surface area contributed by atoms with Crippen molar-refractivity contribution in [2.75, 3.05) is 11.5 Å². The number of allylic oxidation sites excluding steroid dienone is 1. The zero-order valence-corrected chi connectivity index (χ0v) is 24.8. The largest absolute Gasteiger partial charge is 0.437 e. The maximum Gasteiger partial charge on any atom is 0.426 e. The maximum atomic E-state index is 14.6. The number of fused-ring (bicyclic) bond motifs is 5. The van der Waals surface area contributed by atoms with Crippen molar-refractivity contribution >= 4 is 11.4 Å². The molecule has 4 fully saturated rings. The van der Waals surface area contributed by atoms with Gasteiger partial charge in [0, 0.05) is 11.4 Å². The molecule has 0 saturated heterocycles. The van der Waals surface area contributed by atoms with Gasteiger partial charge in [-0.15, -0.1) is 0 Å². The first-order chi connectivity index (χ1) is 18.4. The Morgan fingerprint density at radius 3 is 2.44 bits per heavy atom. The summed E-state index contributed by atoms with van der Waals surface area (Å²) >= 11 is 0. The highest BCUT2D eigenvalue weighted by atomic mass is 19.3. The highest BCUT2D eigenvalue weighted by Gasteiger charge is 2.60. The van der Waals surface area contributed by atoms with E-state index in [2.05, 4.69) is 20.8 Å². The summed E-state index contributed by atoms with van der Waals surface area (Å²) in [7, 11) is 0. The van der Waals surface area contributed by atoms with Crippen LogP contribution in [0.1, 0.15) is 117 Å². The molecule has 5 rings (SSSR count). The normalized spacial score (nSPS) is 37.5. The molecule has 3 nitrogen and oxygen atoms in total. The Balaban J connectivity index is 1.15. The zero-order valence-electron chi connectivity index (χ0n) is 24.8. The molecule has 0 bridgehead atoms. The first kappa shape index (κ1) is 28.7. The lowest BCUT2D eigenvalue weighted by atomic mass is 9.44. The Kier molecular flexibility index (Phi) is 8.03. The third kappa shape index (κ3) is 5.45. The number of anilines is 2. The summed E-state index contributed by atoms with van der Waals surface area (Å²) in [6.45, 7) is 9.65. The molecule has 1 aromatic rings. The topological polar surface area (TPSA) is 61.3 Å². The molecule has 5 heteroatoms. The Labute approximate surface area is 235 Å². The molecule has 0 heterocycles. The number of hydrogen-bond acceptors (Lipinski definition) is 3. The van der Waals surface area contributed by atoms with Crippen LogP contribution in [0.15, 0.2) is 30.0 Å². The van der Waals surface area contributed by atoms with Gasteiger partial charge in [-0.2, -0.15) is 8.78 Å². The second-order valence-corrected chi connectivity index (χ2v) is 14.5. The van der Waals surface area contributed by atoms with E-state index < -0.39 is 6.11 Å². The van der Waals surface area contributed by atoms with E-state index >= 15 is 0 Å².